The highest BCUT2D eigenvalue weighted by molar-refractivity contribution is 7.89. The molecule has 0 bridgehead atoms. The van der Waals surface area contributed by atoms with Gasteiger partial charge in [-0.15, -0.1) is 0 Å². The van der Waals surface area contributed by atoms with Crippen molar-refractivity contribution in [1.29, 1.82) is 0 Å². The van der Waals surface area contributed by atoms with E-state index in [1.165, 1.54) is 11.4 Å². The number of sulfonamides is 1. The van der Waals surface area contributed by atoms with Crippen LogP contribution in [0.1, 0.15) is 32.6 Å². The van der Waals surface area contributed by atoms with Crippen LogP contribution in [0.2, 0.25) is 5.02 Å². The quantitative estimate of drug-likeness (QED) is 0.796. The summed E-state index contributed by atoms with van der Waals surface area (Å²) >= 11 is 5.98. The van der Waals surface area contributed by atoms with Gasteiger partial charge in [-0.1, -0.05) is 31.4 Å². The molecule has 1 amide bonds. The van der Waals surface area contributed by atoms with E-state index in [4.69, 9.17) is 16.3 Å². The lowest BCUT2D eigenvalue weighted by Crippen LogP contribution is -2.44. The smallest absolute Gasteiger partial charge is 0.242 e. The number of nitrogens with one attached hydrogen (secondary N) is 1. The zero-order valence-electron chi connectivity index (χ0n) is 13.9. The van der Waals surface area contributed by atoms with Crippen LogP contribution in [0.5, 0.6) is 5.75 Å². The summed E-state index contributed by atoms with van der Waals surface area (Å²) in [6.45, 7) is 2.41. The fraction of sp³-hybridized carbons (Fsp3) is 0.562. The van der Waals surface area contributed by atoms with E-state index < -0.39 is 16.1 Å². The molecular formula is C16H23ClN2O4S. The zero-order valence-corrected chi connectivity index (χ0v) is 15.5. The van der Waals surface area contributed by atoms with Crippen molar-refractivity contribution in [2.75, 3.05) is 24.7 Å². The molecule has 24 heavy (non-hydrogen) atoms. The van der Waals surface area contributed by atoms with Gasteiger partial charge in [-0.3, -0.25) is 4.79 Å². The van der Waals surface area contributed by atoms with Crippen LogP contribution >= 0.6 is 11.6 Å². The minimum atomic E-state index is -3.35. The van der Waals surface area contributed by atoms with Gasteiger partial charge in [0.05, 0.1) is 17.9 Å². The topological polar surface area (TPSA) is 75.7 Å². The number of amides is 1. The fourth-order valence-electron chi connectivity index (χ4n) is 2.78. The third-order valence-electron chi connectivity index (χ3n) is 4.04. The van der Waals surface area contributed by atoms with Crippen LogP contribution in [0.15, 0.2) is 18.2 Å². The summed E-state index contributed by atoms with van der Waals surface area (Å²) in [6.07, 6.45) is 2.75. The normalized spacial score (nSPS) is 18.3. The Morgan fingerprint density at radius 1 is 1.46 bits per heavy atom. The molecule has 0 aromatic heterocycles. The molecule has 1 saturated heterocycles. The second-order valence-corrected chi connectivity index (χ2v) is 8.23. The molecule has 6 nitrogen and oxygen atoms in total. The van der Waals surface area contributed by atoms with Crippen molar-refractivity contribution in [2.24, 2.45) is 0 Å². The van der Waals surface area contributed by atoms with Crippen LogP contribution in [0.4, 0.5) is 5.69 Å². The summed E-state index contributed by atoms with van der Waals surface area (Å²) in [5.74, 6) is 0.240. The number of unbranched alkanes of at least 4 members (excludes halogenated alkanes) is 1. The number of carbonyl (C=O) groups excluding carboxylic acids is 1. The van der Waals surface area contributed by atoms with Crippen molar-refractivity contribution in [3.63, 3.8) is 0 Å². The summed E-state index contributed by atoms with van der Waals surface area (Å²) in [4.78, 5) is 12.7. The van der Waals surface area contributed by atoms with Gasteiger partial charge in [-0.25, -0.2) is 8.42 Å². The Morgan fingerprint density at radius 3 is 2.79 bits per heavy atom. The summed E-state index contributed by atoms with van der Waals surface area (Å²) in [6, 6.07) is 4.23. The third kappa shape index (κ3) is 4.40. The molecule has 1 unspecified atom stereocenters. The number of anilines is 1. The zero-order chi connectivity index (χ0) is 17.7. The van der Waals surface area contributed by atoms with Crippen molar-refractivity contribution in [2.45, 2.75) is 38.6 Å². The minimum Gasteiger partial charge on any atom is -0.495 e. The lowest BCUT2D eigenvalue weighted by molar-refractivity contribution is -0.119. The number of halogens is 1. The summed E-state index contributed by atoms with van der Waals surface area (Å²) in [5, 5.41) is 3.23. The molecule has 1 aromatic carbocycles. The average Bonchev–Trinajstić information content (AvgIpc) is 2.89. The first-order valence-corrected chi connectivity index (χ1v) is 10.0. The summed E-state index contributed by atoms with van der Waals surface area (Å²) < 4.78 is 30.8. The van der Waals surface area contributed by atoms with Crippen molar-refractivity contribution in [3.05, 3.63) is 23.2 Å². The standard InChI is InChI=1S/C16H23ClN2O4S/c1-3-4-6-14(19-9-5-10-24(19,21)22)16(20)18-12-7-8-13(17)15(11-12)23-2/h7-8,11,14H,3-6,9-10H2,1-2H3,(H,18,20). The molecule has 1 N–H and O–H groups in total. The van der Waals surface area contributed by atoms with Crippen LogP contribution in [0, 0.1) is 0 Å². The van der Waals surface area contributed by atoms with Crippen LogP contribution in [0.3, 0.4) is 0 Å². The van der Waals surface area contributed by atoms with E-state index in [-0.39, 0.29) is 11.7 Å². The van der Waals surface area contributed by atoms with Gasteiger partial charge in [0.2, 0.25) is 15.9 Å². The number of rotatable bonds is 7. The van der Waals surface area contributed by atoms with Crippen molar-refractivity contribution >= 4 is 33.2 Å². The molecule has 1 aliphatic heterocycles. The van der Waals surface area contributed by atoms with E-state index in [2.05, 4.69) is 5.32 Å². The van der Waals surface area contributed by atoms with Crippen molar-refractivity contribution in [1.82, 2.24) is 4.31 Å². The number of methoxy groups -OCH3 is 1. The van der Waals surface area contributed by atoms with Gasteiger partial charge >= 0.3 is 0 Å². The summed E-state index contributed by atoms with van der Waals surface area (Å²) in [5.41, 5.74) is 0.527. The second-order valence-electron chi connectivity index (χ2n) is 5.78. The molecule has 1 fully saturated rings. The Labute approximate surface area is 148 Å². The highest BCUT2D eigenvalue weighted by Gasteiger charge is 2.37. The minimum absolute atomic E-state index is 0.109. The first kappa shape index (κ1) is 19.0. The lowest BCUT2D eigenvalue weighted by Gasteiger charge is -2.25. The Kier molecular flexibility index (Phi) is 6.48. The second kappa shape index (κ2) is 8.18. The number of carbonyl (C=O) groups is 1. The summed E-state index contributed by atoms with van der Waals surface area (Å²) in [7, 11) is -1.85. The van der Waals surface area contributed by atoms with Crippen LogP contribution < -0.4 is 10.1 Å². The SMILES string of the molecule is CCCCC(C(=O)Nc1ccc(Cl)c(OC)c1)N1CCCS1(=O)=O. The number of benzene rings is 1. The van der Waals surface area contributed by atoms with Gasteiger partial charge in [-0.05, 0) is 25.0 Å². The number of ether oxygens (including phenoxy) is 1. The first-order valence-electron chi connectivity index (χ1n) is 8.03. The van der Waals surface area contributed by atoms with Gasteiger partial charge in [-0.2, -0.15) is 4.31 Å². The molecule has 1 aromatic rings. The van der Waals surface area contributed by atoms with E-state index >= 15 is 0 Å². The Morgan fingerprint density at radius 2 is 2.21 bits per heavy atom. The molecule has 0 radical (unpaired) electrons. The van der Waals surface area contributed by atoms with Gasteiger partial charge in [0.1, 0.15) is 11.8 Å². The molecule has 1 atom stereocenters. The van der Waals surface area contributed by atoms with E-state index in [9.17, 15) is 13.2 Å². The molecule has 0 saturated carbocycles. The Balaban J connectivity index is 2.18. The van der Waals surface area contributed by atoms with Crippen molar-refractivity contribution < 1.29 is 17.9 Å². The highest BCUT2D eigenvalue weighted by Crippen LogP contribution is 2.28. The van der Waals surface area contributed by atoms with E-state index in [1.807, 2.05) is 6.92 Å². The largest absolute Gasteiger partial charge is 0.495 e. The maximum atomic E-state index is 12.7. The predicted octanol–water partition coefficient (Wildman–Crippen LogP) is 2.88. The number of nitrogens with zero attached hydrogens (tertiary/aromatic N) is 1. The molecule has 0 aliphatic carbocycles. The molecule has 1 heterocycles. The molecular weight excluding hydrogens is 352 g/mol. The predicted molar refractivity (Wildman–Crippen MR) is 95.1 cm³/mol. The molecule has 2 rings (SSSR count). The monoisotopic (exact) mass is 374 g/mol. The van der Waals surface area contributed by atoms with Gasteiger partial charge in [0.15, 0.2) is 0 Å². The van der Waals surface area contributed by atoms with Crippen LogP contribution in [0.25, 0.3) is 0 Å². The van der Waals surface area contributed by atoms with Gasteiger partial charge in [0, 0.05) is 18.3 Å². The average molecular weight is 375 g/mol. The fourth-order valence-corrected chi connectivity index (χ4v) is 4.69. The highest BCUT2D eigenvalue weighted by atomic mass is 35.5. The molecule has 0 spiro atoms. The van der Waals surface area contributed by atoms with E-state index in [1.54, 1.807) is 18.2 Å². The van der Waals surface area contributed by atoms with Crippen LogP contribution in [-0.4, -0.2) is 44.1 Å². The number of hydrogen-bond donors (Lipinski definition) is 1. The van der Waals surface area contributed by atoms with Gasteiger partial charge < -0.3 is 10.1 Å². The third-order valence-corrected chi connectivity index (χ3v) is 6.31. The van der Waals surface area contributed by atoms with E-state index in [0.717, 1.165) is 12.8 Å². The van der Waals surface area contributed by atoms with E-state index in [0.29, 0.717) is 35.8 Å². The van der Waals surface area contributed by atoms with Gasteiger partial charge in [0.25, 0.3) is 0 Å². The maximum absolute atomic E-state index is 12.7. The van der Waals surface area contributed by atoms with Crippen molar-refractivity contribution in [3.8, 4) is 5.75 Å². The number of hydrogen-bond acceptors (Lipinski definition) is 4. The lowest BCUT2D eigenvalue weighted by atomic mass is 10.1. The Bertz CT molecular complexity index is 693. The Hall–Kier alpha value is -1.31. The molecule has 1 aliphatic rings. The molecule has 8 heteroatoms. The maximum Gasteiger partial charge on any atom is 0.242 e. The first-order chi connectivity index (χ1) is 11.4. The van der Waals surface area contributed by atoms with Crippen LogP contribution in [-0.2, 0) is 14.8 Å². The molecule has 134 valence electrons.